The van der Waals surface area contributed by atoms with E-state index in [9.17, 15) is 9.18 Å². The molecule has 142 valence electrons. The maximum Gasteiger partial charge on any atom is 0.350 e. The van der Waals surface area contributed by atoms with Gasteiger partial charge in [-0.25, -0.2) is 23.3 Å². The van der Waals surface area contributed by atoms with Gasteiger partial charge in [-0.2, -0.15) is 4.98 Å². The Bertz CT molecular complexity index is 1210. The lowest BCUT2D eigenvalue weighted by Gasteiger charge is -2.28. The SMILES string of the molecule is [B]C([B])([B])n1nc2nc(N3CCc4nc(C5(F)CC5)sc4C3)c(C)c(C)n2c1=O. The molecule has 0 atom stereocenters. The summed E-state index contributed by atoms with van der Waals surface area (Å²) in [4.78, 5) is 24.9. The van der Waals surface area contributed by atoms with Crippen molar-refractivity contribution in [3.05, 3.63) is 37.3 Å². The maximum absolute atomic E-state index is 14.4. The van der Waals surface area contributed by atoms with Gasteiger partial charge in [0.15, 0.2) is 5.67 Å². The molecule has 3 aromatic rings. The predicted octanol–water partition coefficient (Wildman–Crippen LogP) is 0.559. The third kappa shape index (κ3) is 2.86. The molecule has 12 heteroatoms. The molecule has 1 aliphatic carbocycles. The van der Waals surface area contributed by atoms with E-state index in [1.165, 1.54) is 15.7 Å². The minimum absolute atomic E-state index is 0.176. The lowest BCUT2D eigenvalue weighted by molar-refractivity contribution is 0.316. The van der Waals surface area contributed by atoms with Gasteiger partial charge in [0.1, 0.15) is 10.8 Å². The standard InChI is InChI=1S/C17H16B3FN6OS/c1-8-9(2)26-14(24-27(15(26)28)17(18,19)20)23-12(8)25-6-3-10-11(7-25)29-13(22-10)16(21)4-5-16/h3-7H2,1-2H3. The monoisotopic (exact) mass is 404 g/mol. The number of alkyl halides is 1. The van der Waals surface area contributed by atoms with Crippen molar-refractivity contribution in [2.75, 3.05) is 11.4 Å². The predicted molar refractivity (Wildman–Crippen MR) is 111 cm³/mol. The van der Waals surface area contributed by atoms with Crippen molar-refractivity contribution in [1.29, 1.82) is 0 Å². The van der Waals surface area contributed by atoms with Crippen molar-refractivity contribution in [2.24, 2.45) is 0 Å². The van der Waals surface area contributed by atoms with E-state index in [4.69, 9.17) is 23.5 Å². The summed E-state index contributed by atoms with van der Waals surface area (Å²) in [5.74, 6) is 0.890. The zero-order chi connectivity index (χ0) is 20.7. The highest BCUT2D eigenvalue weighted by molar-refractivity contribution is 7.12. The van der Waals surface area contributed by atoms with Crippen LogP contribution in [-0.4, -0.2) is 54.2 Å². The third-order valence-corrected chi connectivity index (χ3v) is 6.91. The van der Waals surface area contributed by atoms with Crippen LogP contribution in [0.3, 0.4) is 0 Å². The number of hydrogen-bond acceptors (Lipinski definition) is 6. The lowest BCUT2D eigenvalue weighted by atomic mass is 9.49. The number of thiazole rings is 1. The fraction of sp³-hybridized carbons (Fsp3) is 0.529. The molecule has 3 aromatic heterocycles. The molecule has 6 radical (unpaired) electrons. The Labute approximate surface area is 174 Å². The molecule has 29 heavy (non-hydrogen) atoms. The smallest absolute Gasteiger partial charge is 0.350 e. The lowest BCUT2D eigenvalue weighted by Crippen LogP contribution is -2.43. The fourth-order valence-corrected chi connectivity index (χ4v) is 4.94. The van der Waals surface area contributed by atoms with E-state index in [1.807, 2.05) is 13.8 Å². The van der Waals surface area contributed by atoms with Crippen LogP contribution in [0.4, 0.5) is 10.2 Å². The first kappa shape index (κ1) is 18.9. The normalized spacial score (nSPS) is 18.2. The molecule has 0 amide bonds. The van der Waals surface area contributed by atoms with Crippen molar-refractivity contribution >= 4 is 46.5 Å². The van der Waals surface area contributed by atoms with Gasteiger partial charge in [0, 0.05) is 29.1 Å². The molecule has 1 aliphatic heterocycles. The molecule has 5 rings (SSSR count). The van der Waals surface area contributed by atoms with Gasteiger partial charge in [-0.15, -0.1) is 16.4 Å². The van der Waals surface area contributed by atoms with Crippen LogP contribution in [0.5, 0.6) is 0 Å². The Balaban J connectivity index is 1.56. The largest absolute Gasteiger partial charge is 0.351 e. The number of anilines is 1. The second-order valence-electron chi connectivity index (χ2n) is 7.89. The van der Waals surface area contributed by atoms with E-state index in [0.717, 1.165) is 20.8 Å². The summed E-state index contributed by atoms with van der Waals surface area (Å²) in [6, 6.07) is 0. The Kier molecular flexibility index (Phi) is 3.89. The van der Waals surface area contributed by atoms with Crippen molar-refractivity contribution in [3.63, 3.8) is 0 Å². The molecule has 0 unspecified atom stereocenters. The highest BCUT2D eigenvalue weighted by Gasteiger charge is 2.48. The highest BCUT2D eigenvalue weighted by Crippen LogP contribution is 2.51. The highest BCUT2D eigenvalue weighted by atomic mass is 32.1. The van der Waals surface area contributed by atoms with E-state index in [-0.39, 0.29) is 5.78 Å². The molecule has 4 heterocycles. The second kappa shape index (κ2) is 5.96. The zero-order valence-corrected chi connectivity index (χ0v) is 17.0. The molecule has 0 saturated heterocycles. The van der Waals surface area contributed by atoms with Crippen LogP contribution < -0.4 is 10.6 Å². The molecular formula is C17H16B3FN6OS. The van der Waals surface area contributed by atoms with Crippen molar-refractivity contribution in [3.8, 4) is 0 Å². The molecule has 0 bridgehead atoms. The molecule has 0 spiro atoms. The molecule has 1 saturated carbocycles. The van der Waals surface area contributed by atoms with Crippen molar-refractivity contribution in [1.82, 2.24) is 24.1 Å². The average Bonchev–Trinajstić information content (AvgIpc) is 3.11. The quantitative estimate of drug-likeness (QED) is 0.598. The number of aryl methyl sites for hydroxylation is 1. The first-order chi connectivity index (χ1) is 13.6. The Morgan fingerprint density at radius 1 is 1.21 bits per heavy atom. The topological polar surface area (TPSA) is 68.3 Å². The van der Waals surface area contributed by atoms with E-state index in [2.05, 4.69) is 20.0 Å². The number of hydrogen-bond donors (Lipinski definition) is 0. The third-order valence-electron chi connectivity index (χ3n) is 5.65. The Morgan fingerprint density at radius 2 is 1.93 bits per heavy atom. The van der Waals surface area contributed by atoms with Crippen LogP contribution in [0.2, 0.25) is 0 Å². The summed E-state index contributed by atoms with van der Waals surface area (Å²) < 4.78 is 16.6. The molecule has 2 aliphatic rings. The van der Waals surface area contributed by atoms with Gasteiger partial charge in [0.05, 0.1) is 35.8 Å². The minimum atomic E-state index is -1.92. The van der Waals surface area contributed by atoms with Crippen LogP contribution in [0.1, 0.15) is 39.7 Å². The summed E-state index contributed by atoms with van der Waals surface area (Å²) in [6.07, 6.45) is 1.83. The summed E-state index contributed by atoms with van der Waals surface area (Å²) in [5.41, 5.74) is 0.734. The average molecular weight is 404 g/mol. The van der Waals surface area contributed by atoms with Crippen LogP contribution >= 0.6 is 11.3 Å². The van der Waals surface area contributed by atoms with Crippen molar-refractivity contribution < 1.29 is 4.39 Å². The molecule has 7 nitrogen and oxygen atoms in total. The summed E-state index contributed by atoms with van der Waals surface area (Å²) in [7, 11) is 17.0. The molecule has 1 fully saturated rings. The number of fused-ring (bicyclic) bond motifs is 2. The first-order valence-electron chi connectivity index (χ1n) is 9.37. The zero-order valence-electron chi connectivity index (χ0n) is 16.1. The van der Waals surface area contributed by atoms with E-state index in [1.54, 1.807) is 0 Å². The van der Waals surface area contributed by atoms with Crippen LogP contribution in [0.25, 0.3) is 5.78 Å². The Morgan fingerprint density at radius 3 is 2.59 bits per heavy atom. The number of halogens is 1. The van der Waals surface area contributed by atoms with Gasteiger partial charge in [-0.05, 0) is 31.9 Å². The van der Waals surface area contributed by atoms with Crippen LogP contribution in [0.15, 0.2) is 4.79 Å². The summed E-state index contributed by atoms with van der Waals surface area (Å²) in [6.45, 7) is 4.99. The number of aromatic nitrogens is 5. The van der Waals surface area contributed by atoms with E-state index < -0.39 is 16.6 Å². The van der Waals surface area contributed by atoms with Crippen LogP contribution in [0, 0.1) is 13.8 Å². The maximum atomic E-state index is 14.4. The number of nitrogens with zero attached hydrogens (tertiary/aromatic N) is 6. The molecule has 0 N–H and O–H groups in total. The van der Waals surface area contributed by atoms with Gasteiger partial charge >= 0.3 is 5.69 Å². The minimum Gasteiger partial charge on any atom is -0.351 e. The van der Waals surface area contributed by atoms with E-state index in [0.29, 0.717) is 48.9 Å². The first-order valence-corrected chi connectivity index (χ1v) is 10.2. The fourth-order valence-electron chi connectivity index (χ4n) is 3.68. The summed E-state index contributed by atoms with van der Waals surface area (Å²) in [5, 5.41) is 2.80. The molecule has 0 aromatic carbocycles. The van der Waals surface area contributed by atoms with Gasteiger partial charge < -0.3 is 4.90 Å². The summed E-state index contributed by atoms with van der Waals surface area (Å²) >= 11 is 1.45. The van der Waals surface area contributed by atoms with Gasteiger partial charge in [-0.3, -0.25) is 0 Å². The molecular weight excluding hydrogens is 388 g/mol. The van der Waals surface area contributed by atoms with Gasteiger partial charge in [0.25, 0.3) is 5.78 Å². The number of rotatable bonds is 3. The second-order valence-corrected chi connectivity index (χ2v) is 8.97. The van der Waals surface area contributed by atoms with Gasteiger partial charge in [-0.1, -0.05) is 0 Å². The van der Waals surface area contributed by atoms with Gasteiger partial charge in [0.2, 0.25) is 0 Å². The van der Waals surface area contributed by atoms with Crippen molar-refractivity contribution in [2.45, 2.75) is 50.6 Å². The van der Waals surface area contributed by atoms with E-state index >= 15 is 0 Å². The van der Waals surface area contributed by atoms with Crippen LogP contribution in [-0.2, 0) is 23.9 Å². The Hall–Kier alpha value is -2.10.